The van der Waals surface area contributed by atoms with E-state index in [0.717, 1.165) is 5.56 Å². The molecule has 0 aliphatic carbocycles. The van der Waals surface area contributed by atoms with Gasteiger partial charge in [-0.05, 0) is 24.6 Å². The van der Waals surface area contributed by atoms with Gasteiger partial charge in [-0.2, -0.15) is 0 Å². The van der Waals surface area contributed by atoms with Crippen LogP contribution in [0.1, 0.15) is 17.2 Å². The fourth-order valence-corrected chi connectivity index (χ4v) is 4.99. The maximum atomic E-state index is 12.9. The first kappa shape index (κ1) is 21.7. The van der Waals surface area contributed by atoms with E-state index in [1.807, 2.05) is 18.2 Å². The van der Waals surface area contributed by atoms with Gasteiger partial charge in [-0.3, -0.25) is 15.0 Å². The summed E-state index contributed by atoms with van der Waals surface area (Å²) >= 11 is 6.38. The van der Waals surface area contributed by atoms with Crippen molar-refractivity contribution in [3.63, 3.8) is 0 Å². The van der Waals surface area contributed by atoms with Crippen molar-refractivity contribution in [1.82, 2.24) is 9.62 Å². The van der Waals surface area contributed by atoms with Crippen LogP contribution in [0.5, 0.6) is 0 Å². The zero-order chi connectivity index (χ0) is 21.0. The van der Waals surface area contributed by atoms with Gasteiger partial charge in [-0.25, -0.2) is 13.1 Å². The van der Waals surface area contributed by atoms with E-state index in [4.69, 9.17) is 16.3 Å². The molecule has 0 saturated carbocycles. The number of hydrogen-bond donors (Lipinski definition) is 1. The van der Waals surface area contributed by atoms with Crippen molar-refractivity contribution < 1.29 is 18.1 Å². The van der Waals surface area contributed by atoms with Crippen molar-refractivity contribution in [2.75, 3.05) is 32.8 Å². The Morgan fingerprint density at radius 1 is 1.21 bits per heavy atom. The fraction of sp³-hybridized carbons (Fsp3) is 0.368. The molecule has 1 fully saturated rings. The molecule has 3 rings (SSSR count). The van der Waals surface area contributed by atoms with E-state index >= 15 is 0 Å². The van der Waals surface area contributed by atoms with E-state index in [9.17, 15) is 18.5 Å². The number of nitro benzene ring substituents is 1. The molecule has 156 valence electrons. The Morgan fingerprint density at radius 2 is 1.90 bits per heavy atom. The Labute approximate surface area is 174 Å². The summed E-state index contributed by atoms with van der Waals surface area (Å²) in [5, 5.41) is 11.7. The lowest BCUT2D eigenvalue weighted by Gasteiger charge is -2.35. The van der Waals surface area contributed by atoms with Gasteiger partial charge in [0.2, 0.25) is 10.0 Å². The van der Waals surface area contributed by atoms with Crippen LogP contribution in [0.25, 0.3) is 0 Å². The minimum atomic E-state index is -3.96. The predicted octanol–water partition coefficient (Wildman–Crippen LogP) is 2.91. The number of benzene rings is 2. The summed E-state index contributed by atoms with van der Waals surface area (Å²) in [7, 11) is -3.96. The molecule has 10 heteroatoms. The van der Waals surface area contributed by atoms with E-state index in [0.29, 0.717) is 31.3 Å². The van der Waals surface area contributed by atoms with Crippen molar-refractivity contribution >= 4 is 27.3 Å². The number of halogens is 1. The molecule has 1 aliphatic heterocycles. The summed E-state index contributed by atoms with van der Waals surface area (Å²) in [6, 6.07) is 11.0. The first-order valence-electron chi connectivity index (χ1n) is 9.11. The first-order valence-corrected chi connectivity index (χ1v) is 11.0. The number of ether oxygens (including phenoxy) is 1. The summed E-state index contributed by atoms with van der Waals surface area (Å²) in [5.74, 6) is 0. The number of hydrogen-bond acceptors (Lipinski definition) is 6. The molecule has 0 bridgehead atoms. The number of rotatable bonds is 7. The third-order valence-electron chi connectivity index (χ3n) is 4.96. The molecule has 1 aliphatic rings. The van der Waals surface area contributed by atoms with Gasteiger partial charge < -0.3 is 4.74 Å². The molecule has 1 atom stereocenters. The van der Waals surface area contributed by atoms with Crippen molar-refractivity contribution in [3.8, 4) is 0 Å². The number of sulfonamides is 1. The van der Waals surface area contributed by atoms with Gasteiger partial charge in [0, 0.05) is 42.3 Å². The molecule has 8 nitrogen and oxygen atoms in total. The second kappa shape index (κ2) is 9.19. The second-order valence-electron chi connectivity index (χ2n) is 6.69. The molecule has 2 aromatic carbocycles. The summed E-state index contributed by atoms with van der Waals surface area (Å²) < 4.78 is 33.9. The molecular weight excluding hydrogens is 418 g/mol. The topological polar surface area (TPSA) is 102 Å². The predicted molar refractivity (Wildman–Crippen MR) is 110 cm³/mol. The monoisotopic (exact) mass is 439 g/mol. The molecule has 2 aromatic rings. The van der Waals surface area contributed by atoms with Gasteiger partial charge in [-0.1, -0.05) is 35.9 Å². The van der Waals surface area contributed by atoms with E-state index in [1.165, 1.54) is 25.1 Å². The lowest BCUT2D eigenvalue weighted by molar-refractivity contribution is -0.385. The van der Waals surface area contributed by atoms with E-state index in [-0.39, 0.29) is 28.7 Å². The summed E-state index contributed by atoms with van der Waals surface area (Å²) in [4.78, 5) is 12.6. The lowest BCUT2D eigenvalue weighted by atomic mass is 10.0. The van der Waals surface area contributed by atoms with Gasteiger partial charge in [0.25, 0.3) is 5.69 Å². The summed E-state index contributed by atoms with van der Waals surface area (Å²) in [6.45, 7) is 3.91. The quantitative estimate of drug-likeness (QED) is 0.525. The molecule has 0 radical (unpaired) electrons. The Bertz CT molecular complexity index is 993. The Hall–Kier alpha value is -2.04. The van der Waals surface area contributed by atoms with Crippen LogP contribution in [-0.4, -0.2) is 51.1 Å². The highest BCUT2D eigenvalue weighted by atomic mass is 35.5. The summed E-state index contributed by atoms with van der Waals surface area (Å²) in [6.07, 6.45) is 0. The Balaban J connectivity index is 1.88. The van der Waals surface area contributed by atoms with Crippen LogP contribution in [0.15, 0.2) is 47.4 Å². The molecule has 29 heavy (non-hydrogen) atoms. The first-order chi connectivity index (χ1) is 13.8. The number of nitrogens with one attached hydrogen (secondary N) is 1. The van der Waals surface area contributed by atoms with E-state index in [1.54, 1.807) is 6.07 Å². The third-order valence-corrected chi connectivity index (χ3v) is 6.87. The van der Waals surface area contributed by atoms with Crippen LogP contribution in [0, 0.1) is 17.0 Å². The highest BCUT2D eigenvalue weighted by Gasteiger charge is 2.28. The van der Waals surface area contributed by atoms with Crippen LogP contribution in [0.3, 0.4) is 0 Å². The molecule has 0 amide bonds. The van der Waals surface area contributed by atoms with Crippen LogP contribution >= 0.6 is 11.6 Å². The SMILES string of the molecule is Cc1c([N+](=O)[O-])cccc1S(=O)(=O)NCC(c1ccccc1Cl)N1CCOCC1. The maximum absolute atomic E-state index is 12.9. The van der Waals surface area contributed by atoms with Crippen LogP contribution in [0.4, 0.5) is 5.69 Å². The van der Waals surface area contributed by atoms with Crippen LogP contribution in [0.2, 0.25) is 5.02 Å². The van der Waals surface area contributed by atoms with Crippen molar-refractivity contribution in [3.05, 3.63) is 68.7 Å². The minimum absolute atomic E-state index is 0.0776. The largest absolute Gasteiger partial charge is 0.379 e. The lowest BCUT2D eigenvalue weighted by Crippen LogP contribution is -2.44. The minimum Gasteiger partial charge on any atom is -0.379 e. The zero-order valence-electron chi connectivity index (χ0n) is 15.9. The van der Waals surface area contributed by atoms with Gasteiger partial charge >= 0.3 is 0 Å². The van der Waals surface area contributed by atoms with Crippen molar-refractivity contribution in [2.45, 2.75) is 17.9 Å². The maximum Gasteiger partial charge on any atom is 0.273 e. The highest BCUT2D eigenvalue weighted by Crippen LogP contribution is 2.29. The summed E-state index contributed by atoms with van der Waals surface area (Å²) in [5.41, 5.74) is 0.684. The smallest absolute Gasteiger partial charge is 0.273 e. The van der Waals surface area contributed by atoms with Gasteiger partial charge in [0.1, 0.15) is 0 Å². The molecule has 0 spiro atoms. The standard InChI is InChI=1S/C19H22ClN3O5S/c1-14-17(23(24)25)7-4-8-19(14)29(26,27)21-13-18(22-9-11-28-12-10-22)15-5-2-3-6-16(15)20/h2-8,18,21H,9-13H2,1H3. The highest BCUT2D eigenvalue weighted by molar-refractivity contribution is 7.89. The number of morpholine rings is 1. The number of nitro groups is 1. The van der Waals surface area contributed by atoms with Crippen molar-refractivity contribution in [2.24, 2.45) is 0 Å². The fourth-order valence-electron chi connectivity index (χ4n) is 3.43. The normalized spacial score (nSPS) is 16.5. The molecule has 1 heterocycles. The van der Waals surface area contributed by atoms with Gasteiger partial charge in [-0.15, -0.1) is 0 Å². The van der Waals surface area contributed by atoms with E-state index < -0.39 is 14.9 Å². The van der Waals surface area contributed by atoms with E-state index in [2.05, 4.69) is 9.62 Å². The van der Waals surface area contributed by atoms with Crippen LogP contribution in [-0.2, 0) is 14.8 Å². The molecule has 1 saturated heterocycles. The second-order valence-corrected chi connectivity index (χ2v) is 8.84. The third kappa shape index (κ3) is 4.93. The number of nitrogens with zero attached hydrogens (tertiary/aromatic N) is 2. The van der Waals surface area contributed by atoms with Gasteiger partial charge in [0.05, 0.1) is 23.0 Å². The molecule has 1 unspecified atom stereocenters. The average molecular weight is 440 g/mol. The zero-order valence-corrected chi connectivity index (χ0v) is 17.4. The average Bonchev–Trinajstić information content (AvgIpc) is 2.70. The molecular formula is C19H22ClN3O5S. The van der Waals surface area contributed by atoms with Gasteiger partial charge in [0.15, 0.2) is 0 Å². The van der Waals surface area contributed by atoms with Crippen molar-refractivity contribution in [1.29, 1.82) is 0 Å². The Kier molecular flexibility index (Phi) is 6.86. The molecule has 1 N–H and O–H groups in total. The van der Waals surface area contributed by atoms with Crippen LogP contribution < -0.4 is 4.72 Å². The molecule has 0 aromatic heterocycles. The Morgan fingerprint density at radius 3 is 2.55 bits per heavy atom.